The molecule has 10 heteroatoms. The lowest BCUT2D eigenvalue weighted by molar-refractivity contribution is 0.182. The number of nitrogens with one attached hydrogen (secondary N) is 2. The molecule has 0 radical (unpaired) electrons. The maximum atomic E-state index is 13.3. The molecule has 3 heterocycles. The summed E-state index contributed by atoms with van der Waals surface area (Å²) in [5.41, 5.74) is 1.47. The Hall–Kier alpha value is -3.04. The van der Waals surface area contributed by atoms with E-state index in [1.807, 2.05) is 18.2 Å². The second kappa shape index (κ2) is 7.28. The fourth-order valence-corrected chi connectivity index (χ4v) is 4.58. The van der Waals surface area contributed by atoms with Crippen molar-refractivity contribution in [3.8, 4) is 0 Å². The Morgan fingerprint density at radius 1 is 1.23 bits per heavy atom. The number of aliphatic hydroxyl groups is 1. The fraction of sp³-hybridized carbons (Fsp3) is 0.381. The van der Waals surface area contributed by atoms with Crippen molar-refractivity contribution in [3.05, 3.63) is 55.8 Å². The van der Waals surface area contributed by atoms with Gasteiger partial charge in [-0.15, -0.1) is 0 Å². The normalized spacial score (nSPS) is 19.0. The van der Waals surface area contributed by atoms with Gasteiger partial charge in [0.25, 0.3) is 5.56 Å². The van der Waals surface area contributed by atoms with Crippen molar-refractivity contribution >= 4 is 39.6 Å². The Morgan fingerprint density at radius 3 is 2.77 bits per heavy atom. The molecule has 0 unspecified atom stereocenters. The number of aliphatic hydroxyl groups excluding tert-OH is 1. The van der Waals surface area contributed by atoms with E-state index in [1.54, 1.807) is 24.7 Å². The van der Waals surface area contributed by atoms with E-state index in [0.29, 0.717) is 28.6 Å². The molecule has 3 N–H and O–H groups in total. The minimum absolute atomic E-state index is 0.0861. The number of H-pyrrole nitrogens is 1. The van der Waals surface area contributed by atoms with E-state index >= 15 is 0 Å². The van der Waals surface area contributed by atoms with Gasteiger partial charge < -0.3 is 20.0 Å². The number of aromatic amines is 1. The van der Waals surface area contributed by atoms with E-state index < -0.39 is 11.2 Å². The van der Waals surface area contributed by atoms with Crippen LogP contribution in [0.25, 0.3) is 22.1 Å². The molecule has 0 bridgehead atoms. The third kappa shape index (κ3) is 3.34. The highest BCUT2D eigenvalue weighted by Crippen LogP contribution is 2.24. The molecule has 1 aromatic carbocycles. The Morgan fingerprint density at radius 2 is 2.03 bits per heavy atom. The number of aryl methyl sites for hydroxylation is 2. The predicted molar refractivity (Wildman–Crippen MR) is 120 cm³/mol. The highest BCUT2D eigenvalue weighted by Gasteiger charge is 2.25. The summed E-state index contributed by atoms with van der Waals surface area (Å²) in [6.07, 6.45) is 1.89. The van der Waals surface area contributed by atoms with Crippen LogP contribution in [0.2, 0.25) is 5.02 Å². The van der Waals surface area contributed by atoms with Crippen molar-refractivity contribution in [1.82, 2.24) is 23.7 Å². The molecule has 162 valence electrons. The fourth-order valence-electron chi connectivity index (χ4n) is 4.40. The molecule has 5 rings (SSSR count). The molecule has 0 spiro atoms. The Kier molecular flexibility index (Phi) is 4.67. The predicted octanol–water partition coefficient (Wildman–Crippen LogP) is 1.94. The summed E-state index contributed by atoms with van der Waals surface area (Å²) in [6, 6.07) is 7.46. The van der Waals surface area contributed by atoms with E-state index in [2.05, 4.69) is 15.3 Å². The minimum atomic E-state index is -0.435. The molecule has 31 heavy (non-hydrogen) atoms. The van der Waals surface area contributed by atoms with Gasteiger partial charge in [-0.25, -0.2) is 4.79 Å². The first-order valence-electron chi connectivity index (χ1n) is 10.2. The van der Waals surface area contributed by atoms with Crippen LogP contribution in [0.5, 0.6) is 0 Å². The first-order chi connectivity index (χ1) is 14.8. The molecular formula is C21H23ClN6O3. The summed E-state index contributed by atoms with van der Waals surface area (Å²) < 4.78 is 4.29. The van der Waals surface area contributed by atoms with Crippen LogP contribution in [0.15, 0.2) is 33.9 Å². The van der Waals surface area contributed by atoms with Crippen LogP contribution >= 0.6 is 11.6 Å². The van der Waals surface area contributed by atoms with Gasteiger partial charge in [0.1, 0.15) is 0 Å². The molecule has 1 fully saturated rings. The van der Waals surface area contributed by atoms with Crippen molar-refractivity contribution in [3.63, 3.8) is 0 Å². The van der Waals surface area contributed by atoms with Crippen molar-refractivity contribution < 1.29 is 5.11 Å². The van der Waals surface area contributed by atoms with Gasteiger partial charge >= 0.3 is 5.69 Å². The molecule has 4 aromatic rings. The van der Waals surface area contributed by atoms with E-state index in [0.717, 1.165) is 29.4 Å². The van der Waals surface area contributed by atoms with Gasteiger partial charge in [0, 0.05) is 41.8 Å². The van der Waals surface area contributed by atoms with Crippen LogP contribution in [-0.4, -0.2) is 40.9 Å². The topological polar surface area (TPSA) is 110 Å². The minimum Gasteiger partial charge on any atom is -0.393 e. The molecule has 3 aromatic heterocycles. The highest BCUT2D eigenvalue weighted by atomic mass is 35.5. The molecule has 2 atom stereocenters. The number of aromatic nitrogens is 5. The zero-order valence-corrected chi connectivity index (χ0v) is 18.0. The summed E-state index contributed by atoms with van der Waals surface area (Å²) in [5, 5.41) is 14.6. The van der Waals surface area contributed by atoms with Crippen molar-refractivity contribution in [2.24, 2.45) is 14.1 Å². The van der Waals surface area contributed by atoms with Gasteiger partial charge in [-0.05, 0) is 43.5 Å². The number of benzene rings is 1. The smallest absolute Gasteiger partial charge is 0.332 e. The third-order valence-corrected chi connectivity index (χ3v) is 6.30. The monoisotopic (exact) mass is 442 g/mol. The van der Waals surface area contributed by atoms with Crippen LogP contribution in [0, 0.1) is 0 Å². The maximum Gasteiger partial charge on any atom is 0.332 e. The second-order valence-corrected chi connectivity index (χ2v) is 8.67. The van der Waals surface area contributed by atoms with Crippen LogP contribution in [0.1, 0.15) is 25.0 Å². The number of hydrogen-bond donors (Lipinski definition) is 3. The number of halogens is 1. The zero-order valence-electron chi connectivity index (χ0n) is 17.2. The van der Waals surface area contributed by atoms with Crippen molar-refractivity contribution in [2.45, 2.75) is 38.0 Å². The third-order valence-electron chi connectivity index (χ3n) is 6.07. The van der Waals surface area contributed by atoms with Gasteiger partial charge in [0.2, 0.25) is 5.95 Å². The van der Waals surface area contributed by atoms with E-state index in [4.69, 9.17) is 11.6 Å². The van der Waals surface area contributed by atoms with Crippen LogP contribution in [0.4, 0.5) is 5.95 Å². The van der Waals surface area contributed by atoms with Crippen molar-refractivity contribution in [2.75, 3.05) is 5.32 Å². The molecule has 1 saturated carbocycles. The number of imidazole rings is 1. The molecule has 0 saturated heterocycles. The van der Waals surface area contributed by atoms with Gasteiger partial charge in [0.15, 0.2) is 11.2 Å². The number of anilines is 1. The van der Waals surface area contributed by atoms with Gasteiger partial charge in [-0.3, -0.25) is 13.9 Å². The molecule has 9 nitrogen and oxygen atoms in total. The van der Waals surface area contributed by atoms with Gasteiger partial charge in [-0.1, -0.05) is 11.6 Å². The Labute approximate surface area is 181 Å². The Bertz CT molecular complexity index is 1430. The quantitative estimate of drug-likeness (QED) is 0.447. The average molecular weight is 443 g/mol. The van der Waals surface area contributed by atoms with E-state index in [1.165, 1.54) is 9.13 Å². The summed E-state index contributed by atoms with van der Waals surface area (Å²) in [5.74, 6) is 0.513. The zero-order chi connectivity index (χ0) is 21.9. The molecular weight excluding hydrogens is 420 g/mol. The number of hydrogen-bond acceptors (Lipinski definition) is 5. The second-order valence-electron chi connectivity index (χ2n) is 8.23. The highest BCUT2D eigenvalue weighted by molar-refractivity contribution is 6.31. The van der Waals surface area contributed by atoms with Gasteiger partial charge in [0.05, 0.1) is 12.6 Å². The molecule has 1 aliphatic rings. The molecule has 1 aliphatic carbocycles. The average Bonchev–Trinajstić information content (AvgIpc) is 3.41. The van der Waals surface area contributed by atoms with Gasteiger partial charge in [-0.2, -0.15) is 4.98 Å². The summed E-state index contributed by atoms with van der Waals surface area (Å²) in [7, 11) is 3.37. The van der Waals surface area contributed by atoms with E-state index in [9.17, 15) is 14.7 Å². The summed E-state index contributed by atoms with van der Waals surface area (Å²) in [4.78, 5) is 34.0. The number of nitrogens with zero attached hydrogens (tertiary/aromatic N) is 4. The standard InChI is InChI=1S/C21H23ClN6O3/c1-26-17-18(25-20(26)24-13-4-5-15(29)9-13)27(2)21(31)28(19(17)30)10-14-8-11-7-12(22)3-6-16(11)23-14/h3,6-8,13,15,23,29H,4-5,9-10H2,1-2H3,(H,24,25)/t13-,15+/m1/s1. The lowest BCUT2D eigenvalue weighted by Gasteiger charge is -2.12. The Balaban J connectivity index is 1.57. The summed E-state index contributed by atoms with van der Waals surface area (Å²) in [6.45, 7) is 0.108. The van der Waals surface area contributed by atoms with Crippen LogP contribution in [0.3, 0.4) is 0 Å². The first-order valence-corrected chi connectivity index (χ1v) is 10.6. The molecule has 0 amide bonds. The molecule has 0 aliphatic heterocycles. The number of rotatable bonds is 4. The lowest BCUT2D eigenvalue weighted by Crippen LogP contribution is -2.39. The summed E-state index contributed by atoms with van der Waals surface area (Å²) >= 11 is 6.06. The largest absolute Gasteiger partial charge is 0.393 e. The SMILES string of the molecule is Cn1c(N[C@@H]2CC[C@H](O)C2)nc2c1c(=O)n(Cc1cc3cc(Cl)ccc3[nH]1)c(=O)n2C. The van der Waals surface area contributed by atoms with Crippen LogP contribution < -0.4 is 16.6 Å². The maximum absolute atomic E-state index is 13.3. The first kappa shape index (κ1) is 19.9. The number of fused-ring (bicyclic) bond motifs is 2. The van der Waals surface area contributed by atoms with Crippen LogP contribution in [-0.2, 0) is 20.6 Å². The van der Waals surface area contributed by atoms with E-state index in [-0.39, 0.29) is 18.7 Å². The van der Waals surface area contributed by atoms with Crippen molar-refractivity contribution in [1.29, 1.82) is 0 Å². The lowest BCUT2D eigenvalue weighted by atomic mass is 10.2.